The van der Waals surface area contributed by atoms with Gasteiger partial charge in [0.2, 0.25) is 10.0 Å². The molecule has 1 rings (SSSR count). The minimum Gasteiger partial charge on any atom is -0.346 e. The molecule has 0 aliphatic rings. The van der Waals surface area contributed by atoms with Gasteiger partial charge < -0.3 is 5.32 Å². The summed E-state index contributed by atoms with van der Waals surface area (Å²) in [5.74, 6) is -0.913. The van der Waals surface area contributed by atoms with Gasteiger partial charge in [0.05, 0.1) is 16.6 Å². The number of halogens is 4. The number of amides is 1. The highest BCUT2D eigenvalue weighted by Crippen LogP contribution is 2.30. The van der Waals surface area contributed by atoms with Crippen molar-refractivity contribution in [3.8, 4) is 0 Å². The largest absolute Gasteiger partial charge is 0.346 e. The van der Waals surface area contributed by atoms with Crippen LogP contribution in [0, 0.1) is 0 Å². The molecule has 0 spiro atoms. The quantitative estimate of drug-likeness (QED) is 0.878. The standard InChI is InChI=1S/C9H8Cl2F2N2O3S/c10-5-1-4(9(16)15-3-7(12)13)2-6(8(5)11)19(14,17)18/h1-2,7H,3H2,(H,15,16)(H2,14,17,18). The normalized spacial score (nSPS) is 11.7. The Balaban J connectivity index is 3.18. The van der Waals surface area contributed by atoms with Crippen LogP contribution in [0.25, 0.3) is 0 Å². The summed E-state index contributed by atoms with van der Waals surface area (Å²) in [6.07, 6.45) is -2.73. The SMILES string of the molecule is NS(=O)(=O)c1cc(C(=O)NCC(F)F)cc(Cl)c1Cl. The lowest BCUT2D eigenvalue weighted by Gasteiger charge is -2.08. The van der Waals surface area contributed by atoms with Crippen molar-refractivity contribution in [1.82, 2.24) is 5.32 Å². The average Bonchev–Trinajstić information content (AvgIpc) is 2.27. The van der Waals surface area contributed by atoms with Crippen molar-refractivity contribution >= 4 is 39.1 Å². The number of benzene rings is 1. The molecule has 0 fully saturated rings. The van der Waals surface area contributed by atoms with E-state index in [-0.39, 0.29) is 15.6 Å². The Hall–Kier alpha value is -0.960. The van der Waals surface area contributed by atoms with Crippen molar-refractivity contribution in [2.24, 2.45) is 5.14 Å². The van der Waals surface area contributed by atoms with E-state index in [0.29, 0.717) is 0 Å². The third-order valence-corrected chi connectivity index (χ3v) is 3.83. The number of nitrogens with one attached hydrogen (secondary N) is 1. The molecule has 0 bridgehead atoms. The minimum atomic E-state index is -4.19. The van der Waals surface area contributed by atoms with Gasteiger partial charge in [-0.05, 0) is 12.1 Å². The second kappa shape index (κ2) is 6.00. The van der Waals surface area contributed by atoms with E-state index in [1.165, 1.54) is 0 Å². The van der Waals surface area contributed by atoms with Gasteiger partial charge in [0.25, 0.3) is 12.3 Å². The first kappa shape index (κ1) is 16.1. The third kappa shape index (κ3) is 4.27. The van der Waals surface area contributed by atoms with Crippen LogP contribution in [0.4, 0.5) is 8.78 Å². The van der Waals surface area contributed by atoms with Crippen LogP contribution < -0.4 is 10.5 Å². The lowest BCUT2D eigenvalue weighted by atomic mass is 10.2. The molecular weight excluding hydrogens is 325 g/mol. The topological polar surface area (TPSA) is 89.3 Å². The van der Waals surface area contributed by atoms with E-state index in [1.54, 1.807) is 0 Å². The van der Waals surface area contributed by atoms with E-state index in [4.69, 9.17) is 28.3 Å². The van der Waals surface area contributed by atoms with Crippen molar-refractivity contribution in [1.29, 1.82) is 0 Å². The summed E-state index contributed by atoms with van der Waals surface area (Å²) in [5.41, 5.74) is -0.237. The zero-order chi connectivity index (χ0) is 14.8. The predicted octanol–water partition coefficient (Wildman–Crippen LogP) is 1.64. The summed E-state index contributed by atoms with van der Waals surface area (Å²) in [5, 5.41) is 6.23. The molecule has 0 heterocycles. The molecule has 106 valence electrons. The molecule has 5 nitrogen and oxygen atoms in total. The molecule has 0 saturated heterocycles. The van der Waals surface area contributed by atoms with Gasteiger partial charge in [0.1, 0.15) is 4.90 Å². The summed E-state index contributed by atoms with van der Waals surface area (Å²) in [4.78, 5) is 11.0. The summed E-state index contributed by atoms with van der Waals surface area (Å²) in [6, 6.07) is 1.92. The van der Waals surface area contributed by atoms with E-state index in [1.807, 2.05) is 5.32 Å². The number of hydrogen-bond donors (Lipinski definition) is 2. The maximum absolute atomic E-state index is 11.9. The first-order chi connectivity index (χ1) is 8.62. The monoisotopic (exact) mass is 332 g/mol. The van der Waals surface area contributed by atoms with Crippen LogP contribution >= 0.6 is 23.2 Å². The molecule has 10 heteroatoms. The van der Waals surface area contributed by atoms with Gasteiger partial charge in [-0.15, -0.1) is 0 Å². The maximum atomic E-state index is 11.9. The Morgan fingerprint density at radius 1 is 1.37 bits per heavy atom. The Bertz CT molecular complexity index is 608. The predicted molar refractivity (Wildman–Crippen MR) is 66.2 cm³/mol. The van der Waals surface area contributed by atoms with Gasteiger partial charge >= 0.3 is 0 Å². The zero-order valence-corrected chi connectivity index (χ0v) is 11.5. The lowest BCUT2D eigenvalue weighted by Crippen LogP contribution is -2.28. The zero-order valence-electron chi connectivity index (χ0n) is 9.16. The number of alkyl halides is 2. The van der Waals surface area contributed by atoms with Crippen molar-refractivity contribution in [2.75, 3.05) is 6.54 Å². The van der Waals surface area contributed by atoms with Gasteiger partial charge in [-0.3, -0.25) is 4.79 Å². The van der Waals surface area contributed by atoms with E-state index in [2.05, 4.69) is 0 Å². The lowest BCUT2D eigenvalue weighted by molar-refractivity contribution is 0.0891. The molecule has 0 radical (unpaired) electrons. The molecule has 1 amide bonds. The number of rotatable bonds is 4. The van der Waals surface area contributed by atoms with Gasteiger partial charge in [-0.2, -0.15) is 0 Å². The summed E-state index contributed by atoms with van der Waals surface area (Å²) >= 11 is 11.3. The van der Waals surface area contributed by atoms with E-state index in [0.717, 1.165) is 12.1 Å². The van der Waals surface area contributed by atoms with E-state index in [9.17, 15) is 22.0 Å². The van der Waals surface area contributed by atoms with Gasteiger partial charge in [0.15, 0.2) is 0 Å². The average molecular weight is 333 g/mol. The summed E-state index contributed by atoms with van der Waals surface area (Å²) in [7, 11) is -4.19. The number of nitrogens with two attached hydrogens (primary N) is 1. The van der Waals surface area contributed by atoms with E-state index < -0.39 is 33.8 Å². The summed E-state index contributed by atoms with van der Waals surface area (Å²) in [6.45, 7) is -0.871. The van der Waals surface area contributed by atoms with Gasteiger partial charge in [-0.1, -0.05) is 23.2 Å². The number of hydrogen-bond acceptors (Lipinski definition) is 3. The molecule has 0 saturated carbocycles. The van der Waals surface area contributed by atoms with Crippen molar-refractivity contribution in [3.05, 3.63) is 27.7 Å². The number of sulfonamides is 1. The number of primary sulfonamides is 1. The maximum Gasteiger partial charge on any atom is 0.255 e. The van der Waals surface area contributed by atoms with Gasteiger partial charge in [0, 0.05) is 5.56 Å². The van der Waals surface area contributed by atoms with Crippen molar-refractivity contribution in [3.63, 3.8) is 0 Å². The molecule has 0 aromatic heterocycles. The fourth-order valence-corrected chi connectivity index (χ4v) is 2.53. The first-order valence-electron chi connectivity index (χ1n) is 4.71. The highest BCUT2D eigenvalue weighted by atomic mass is 35.5. The Morgan fingerprint density at radius 3 is 2.42 bits per heavy atom. The van der Waals surface area contributed by atoms with Crippen molar-refractivity contribution in [2.45, 2.75) is 11.3 Å². The fourth-order valence-electron chi connectivity index (χ4n) is 1.17. The molecule has 19 heavy (non-hydrogen) atoms. The molecule has 0 aliphatic carbocycles. The van der Waals surface area contributed by atoms with Crippen LogP contribution in [0.3, 0.4) is 0 Å². The van der Waals surface area contributed by atoms with Crippen LogP contribution in [0.2, 0.25) is 10.0 Å². The Kier molecular flexibility index (Phi) is 5.08. The number of carbonyl (C=O) groups is 1. The fraction of sp³-hybridized carbons (Fsp3) is 0.222. The molecule has 0 atom stereocenters. The number of carbonyl (C=O) groups excluding carboxylic acids is 1. The van der Waals surface area contributed by atoms with Crippen LogP contribution in [0.15, 0.2) is 17.0 Å². The molecule has 3 N–H and O–H groups in total. The molecule has 0 aliphatic heterocycles. The Labute approximate surface area is 117 Å². The van der Waals surface area contributed by atoms with Crippen LogP contribution in [0.1, 0.15) is 10.4 Å². The second-order valence-corrected chi connectivity index (χ2v) is 5.73. The first-order valence-corrected chi connectivity index (χ1v) is 7.01. The van der Waals surface area contributed by atoms with Crippen LogP contribution in [0.5, 0.6) is 0 Å². The molecule has 1 aromatic rings. The molecule has 1 aromatic carbocycles. The minimum absolute atomic E-state index is 0.226. The second-order valence-electron chi connectivity index (χ2n) is 3.42. The Morgan fingerprint density at radius 2 is 1.95 bits per heavy atom. The van der Waals surface area contributed by atoms with Crippen molar-refractivity contribution < 1.29 is 22.0 Å². The summed E-state index contributed by atoms with van der Waals surface area (Å²) < 4.78 is 46.3. The van der Waals surface area contributed by atoms with Crippen LogP contribution in [-0.2, 0) is 10.0 Å². The van der Waals surface area contributed by atoms with Crippen LogP contribution in [-0.4, -0.2) is 27.3 Å². The van der Waals surface area contributed by atoms with E-state index >= 15 is 0 Å². The third-order valence-electron chi connectivity index (χ3n) is 1.98. The molecular formula is C9H8Cl2F2N2O3S. The highest BCUT2D eigenvalue weighted by Gasteiger charge is 2.20. The van der Waals surface area contributed by atoms with Gasteiger partial charge in [-0.25, -0.2) is 22.3 Å². The smallest absolute Gasteiger partial charge is 0.255 e. The molecule has 0 unspecified atom stereocenters. The highest BCUT2D eigenvalue weighted by molar-refractivity contribution is 7.89.